The quantitative estimate of drug-likeness (QED) is 0.484. The van der Waals surface area contributed by atoms with Crippen molar-refractivity contribution in [2.75, 3.05) is 6.61 Å². The highest BCUT2D eigenvalue weighted by atomic mass is 16.5. The van der Waals surface area contributed by atoms with Gasteiger partial charge in [-0.15, -0.1) is 0 Å². The third kappa shape index (κ3) is 6.85. The normalized spacial score (nSPS) is 11.7. The predicted molar refractivity (Wildman–Crippen MR) is 67.0 cm³/mol. The van der Waals surface area contributed by atoms with Gasteiger partial charge in [-0.1, -0.05) is 13.2 Å². The molecule has 5 nitrogen and oxygen atoms in total. The molecule has 0 aromatic heterocycles. The van der Waals surface area contributed by atoms with E-state index in [1.165, 1.54) is 0 Å². The van der Waals surface area contributed by atoms with E-state index in [1.54, 1.807) is 6.92 Å². The molecular formula is C13H20O5. The standard InChI is InChI=1S/C13H20O5/c1-9(12(15)16)6-7-11(3)18-13(17)10(2)5-4-8-14/h11,14H,1-2,4-8H2,3H3,(H,15,16). The second kappa shape index (κ2) is 8.47. The van der Waals surface area contributed by atoms with Gasteiger partial charge in [-0.25, -0.2) is 9.59 Å². The summed E-state index contributed by atoms with van der Waals surface area (Å²) in [5.41, 5.74) is 0.407. The van der Waals surface area contributed by atoms with Gasteiger partial charge in [0, 0.05) is 17.8 Å². The molecule has 0 amide bonds. The number of aliphatic carboxylic acids is 1. The highest BCUT2D eigenvalue weighted by Gasteiger charge is 2.14. The molecule has 0 aliphatic rings. The van der Waals surface area contributed by atoms with E-state index in [-0.39, 0.29) is 24.7 Å². The largest absolute Gasteiger partial charge is 0.478 e. The number of aliphatic hydroxyl groups excluding tert-OH is 1. The zero-order chi connectivity index (χ0) is 14.1. The van der Waals surface area contributed by atoms with E-state index in [1.807, 2.05) is 0 Å². The Morgan fingerprint density at radius 2 is 1.83 bits per heavy atom. The molecule has 0 saturated carbocycles. The van der Waals surface area contributed by atoms with Crippen LogP contribution in [-0.2, 0) is 14.3 Å². The van der Waals surface area contributed by atoms with Crippen LogP contribution < -0.4 is 0 Å². The van der Waals surface area contributed by atoms with Crippen molar-refractivity contribution >= 4 is 11.9 Å². The lowest BCUT2D eigenvalue weighted by Gasteiger charge is -2.14. The van der Waals surface area contributed by atoms with E-state index in [4.69, 9.17) is 14.9 Å². The van der Waals surface area contributed by atoms with Crippen molar-refractivity contribution in [3.63, 3.8) is 0 Å². The number of esters is 1. The fourth-order valence-corrected chi connectivity index (χ4v) is 1.20. The number of carboxylic acids is 1. The number of hydrogen-bond acceptors (Lipinski definition) is 4. The first-order chi connectivity index (χ1) is 8.38. The van der Waals surface area contributed by atoms with Gasteiger partial charge in [-0.3, -0.25) is 0 Å². The van der Waals surface area contributed by atoms with Gasteiger partial charge in [0.1, 0.15) is 0 Å². The molecule has 0 saturated heterocycles. The Morgan fingerprint density at radius 3 is 2.33 bits per heavy atom. The number of carbonyl (C=O) groups excluding carboxylic acids is 1. The Balaban J connectivity index is 3.97. The molecule has 0 bridgehead atoms. The lowest BCUT2D eigenvalue weighted by Crippen LogP contribution is -2.17. The summed E-state index contributed by atoms with van der Waals surface area (Å²) in [6.07, 6.45) is 1.15. The van der Waals surface area contributed by atoms with Gasteiger partial charge in [-0.2, -0.15) is 0 Å². The molecule has 1 unspecified atom stereocenters. The summed E-state index contributed by atoms with van der Waals surface area (Å²) in [4.78, 5) is 22.0. The van der Waals surface area contributed by atoms with Gasteiger partial charge in [0.05, 0.1) is 6.10 Å². The number of carboxylic acid groups (broad SMARTS) is 1. The van der Waals surface area contributed by atoms with Crippen LogP contribution in [0.2, 0.25) is 0 Å². The second-order valence-electron chi connectivity index (χ2n) is 4.09. The van der Waals surface area contributed by atoms with Crippen molar-refractivity contribution < 1.29 is 24.5 Å². The van der Waals surface area contributed by atoms with Gasteiger partial charge in [0.25, 0.3) is 0 Å². The zero-order valence-electron chi connectivity index (χ0n) is 10.6. The summed E-state index contributed by atoms with van der Waals surface area (Å²) in [7, 11) is 0. The SMILES string of the molecule is C=C(CCC(C)OC(=O)C(=C)CCCO)C(=O)O. The fraction of sp³-hybridized carbons (Fsp3) is 0.538. The van der Waals surface area contributed by atoms with Crippen molar-refractivity contribution in [3.8, 4) is 0 Å². The van der Waals surface area contributed by atoms with Crippen LogP contribution >= 0.6 is 0 Å². The van der Waals surface area contributed by atoms with Crippen LogP contribution in [-0.4, -0.2) is 34.9 Å². The van der Waals surface area contributed by atoms with E-state index < -0.39 is 11.9 Å². The van der Waals surface area contributed by atoms with Crippen molar-refractivity contribution in [2.24, 2.45) is 0 Å². The molecule has 0 fully saturated rings. The first-order valence-electron chi connectivity index (χ1n) is 5.79. The molecule has 0 aliphatic carbocycles. The first-order valence-corrected chi connectivity index (χ1v) is 5.79. The van der Waals surface area contributed by atoms with Crippen molar-refractivity contribution in [3.05, 3.63) is 24.3 Å². The summed E-state index contributed by atoms with van der Waals surface area (Å²) in [6, 6.07) is 0. The maximum Gasteiger partial charge on any atom is 0.333 e. The molecule has 0 heterocycles. The predicted octanol–water partition coefficient (Wildman–Crippen LogP) is 1.67. The second-order valence-corrected chi connectivity index (χ2v) is 4.09. The Labute approximate surface area is 107 Å². The number of aliphatic hydroxyl groups is 1. The first kappa shape index (κ1) is 16.4. The highest BCUT2D eigenvalue weighted by Crippen LogP contribution is 2.11. The van der Waals surface area contributed by atoms with Crippen LogP contribution in [0.25, 0.3) is 0 Å². The molecule has 0 rings (SSSR count). The minimum atomic E-state index is -1.04. The number of hydrogen-bond donors (Lipinski definition) is 2. The van der Waals surface area contributed by atoms with Crippen LogP contribution in [0.5, 0.6) is 0 Å². The average Bonchev–Trinajstić information content (AvgIpc) is 2.32. The number of carbonyl (C=O) groups is 2. The smallest absolute Gasteiger partial charge is 0.333 e. The molecule has 102 valence electrons. The molecule has 0 aromatic rings. The van der Waals surface area contributed by atoms with E-state index in [0.29, 0.717) is 24.8 Å². The Bertz CT molecular complexity index is 332. The monoisotopic (exact) mass is 256 g/mol. The van der Waals surface area contributed by atoms with Crippen LogP contribution in [0.4, 0.5) is 0 Å². The fourth-order valence-electron chi connectivity index (χ4n) is 1.20. The minimum absolute atomic E-state index is 0.000287. The van der Waals surface area contributed by atoms with Crippen molar-refractivity contribution in [1.82, 2.24) is 0 Å². The molecule has 0 aromatic carbocycles. The molecule has 0 radical (unpaired) electrons. The Hall–Kier alpha value is -1.62. The van der Waals surface area contributed by atoms with Crippen molar-refractivity contribution in [2.45, 2.75) is 38.7 Å². The van der Waals surface area contributed by atoms with E-state index in [0.717, 1.165) is 0 Å². The van der Waals surface area contributed by atoms with E-state index in [2.05, 4.69) is 13.2 Å². The lowest BCUT2D eigenvalue weighted by molar-refractivity contribution is -0.143. The maximum atomic E-state index is 11.5. The van der Waals surface area contributed by atoms with Gasteiger partial charge in [0.2, 0.25) is 0 Å². The average molecular weight is 256 g/mol. The number of rotatable bonds is 9. The van der Waals surface area contributed by atoms with Gasteiger partial charge < -0.3 is 14.9 Å². The highest BCUT2D eigenvalue weighted by molar-refractivity contribution is 5.87. The van der Waals surface area contributed by atoms with Crippen LogP contribution in [0, 0.1) is 0 Å². The summed E-state index contributed by atoms with van der Waals surface area (Å²) in [5, 5.41) is 17.2. The molecule has 5 heteroatoms. The third-order valence-electron chi connectivity index (χ3n) is 2.39. The minimum Gasteiger partial charge on any atom is -0.478 e. The molecular weight excluding hydrogens is 236 g/mol. The number of ether oxygens (including phenoxy) is 1. The summed E-state index contributed by atoms with van der Waals surface area (Å²) in [5.74, 6) is -1.54. The van der Waals surface area contributed by atoms with E-state index in [9.17, 15) is 9.59 Å². The maximum absolute atomic E-state index is 11.5. The van der Waals surface area contributed by atoms with Crippen LogP contribution in [0.3, 0.4) is 0 Å². The zero-order valence-corrected chi connectivity index (χ0v) is 10.6. The van der Waals surface area contributed by atoms with Gasteiger partial charge in [0.15, 0.2) is 0 Å². The Kier molecular flexibility index (Phi) is 7.71. The topological polar surface area (TPSA) is 83.8 Å². The molecule has 0 spiro atoms. The lowest BCUT2D eigenvalue weighted by atomic mass is 10.1. The Morgan fingerprint density at radius 1 is 1.22 bits per heavy atom. The molecule has 0 aliphatic heterocycles. The molecule has 2 N–H and O–H groups in total. The van der Waals surface area contributed by atoms with Gasteiger partial charge in [-0.05, 0) is 32.6 Å². The summed E-state index contributed by atoms with van der Waals surface area (Å²) >= 11 is 0. The van der Waals surface area contributed by atoms with Crippen LogP contribution in [0.15, 0.2) is 24.3 Å². The molecule has 1 atom stereocenters. The third-order valence-corrected chi connectivity index (χ3v) is 2.39. The van der Waals surface area contributed by atoms with Gasteiger partial charge >= 0.3 is 11.9 Å². The summed E-state index contributed by atoms with van der Waals surface area (Å²) < 4.78 is 5.09. The summed E-state index contributed by atoms with van der Waals surface area (Å²) in [6.45, 7) is 8.65. The van der Waals surface area contributed by atoms with Crippen molar-refractivity contribution in [1.29, 1.82) is 0 Å². The van der Waals surface area contributed by atoms with Crippen LogP contribution in [0.1, 0.15) is 32.6 Å². The molecule has 18 heavy (non-hydrogen) atoms. The van der Waals surface area contributed by atoms with E-state index >= 15 is 0 Å².